The zero-order chi connectivity index (χ0) is 19.1. The number of Topliss-reactive ketones (excluding diaryl/α,β-unsaturated/α-hetero) is 1. The highest BCUT2D eigenvalue weighted by molar-refractivity contribution is 6.07. The third-order valence-electron chi connectivity index (χ3n) is 5.10. The summed E-state index contributed by atoms with van der Waals surface area (Å²) in [5.41, 5.74) is 2.92. The standard InChI is InChI=1S/C21H26N4O/c1-14-10-17(15(2)26)20-18(11-14)16(13-22)12-19(23-20)24-6-8-25(9-7-24)21(3,4)5/h10-12H,6-9H2,1-5H3. The van der Waals surface area contributed by atoms with Crippen LogP contribution in [0, 0.1) is 18.3 Å². The minimum Gasteiger partial charge on any atom is -0.354 e. The predicted molar refractivity (Wildman–Crippen MR) is 105 cm³/mol. The van der Waals surface area contributed by atoms with E-state index in [9.17, 15) is 10.1 Å². The average molecular weight is 350 g/mol. The summed E-state index contributed by atoms with van der Waals surface area (Å²) in [5, 5.41) is 10.4. The Bertz CT molecular complexity index is 897. The van der Waals surface area contributed by atoms with Crippen molar-refractivity contribution >= 4 is 22.5 Å². The smallest absolute Gasteiger partial charge is 0.162 e. The van der Waals surface area contributed by atoms with Gasteiger partial charge in [-0.25, -0.2) is 4.98 Å². The Morgan fingerprint density at radius 3 is 2.35 bits per heavy atom. The van der Waals surface area contributed by atoms with Crippen LogP contribution in [-0.2, 0) is 0 Å². The number of fused-ring (bicyclic) bond motifs is 1. The summed E-state index contributed by atoms with van der Waals surface area (Å²) in [7, 11) is 0. The van der Waals surface area contributed by atoms with Crippen molar-refractivity contribution in [3.05, 3.63) is 34.9 Å². The van der Waals surface area contributed by atoms with Crippen LogP contribution in [0.25, 0.3) is 10.9 Å². The Morgan fingerprint density at radius 1 is 1.15 bits per heavy atom. The molecule has 1 aromatic heterocycles. The van der Waals surface area contributed by atoms with Crippen molar-refractivity contribution in [3.8, 4) is 6.07 Å². The number of nitriles is 1. The van der Waals surface area contributed by atoms with Gasteiger partial charge in [-0.3, -0.25) is 9.69 Å². The van der Waals surface area contributed by atoms with E-state index in [0.717, 1.165) is 42.9 Å². The summed E-state index contributed by atoms with van der Waals surface area (Å²) >= 11 is 0. The molecule has 2 aromatic rings. The Kier molecular flexibility index (Phi) is 4.72. The van der Waals surface area contributed by atoms with E-state index >= 15 is 0 Å². The Balaban J connectivity index is 2.03. The first-order valence-electron chi connectivity index (χ1n) is 9.07. The van der Waals surface area contributed by atoms with Crippen LogP contribution in [0.4, 0.5) is 5.82 Å². The highest BCUT2D eigenvalue weighted by Gasteiger charge is 2.27. The van der Waals surface area contributed by atoms with Crippen LogP contribution in [0.5, 0.6) is 0 Å². The van der Waals surface area contributed by atoms with Gasteiger partial charge in [0.25, 0.3) is 0 Å². The van der Waals surface area contributed by atoms with E-state index in [1.165, 1.54) is 0 Å². The lowest BCUT2D eigenvalue weighted by atomic mass is 10.00. The van der Waals surface area contributed by atoms with Crippen LogP contribution in [0.2, 0.25) is 0 Å². The van der Waals surface area contributed by atoms with Gasteiger partial charge in [-0.2, -0.15) is 5.26 Å². The van der Waals surface area contributed by atoms with Gasteiger partial charge in [-0.15, -0.1) is 0 Å². The van der Waals surface area contributed by atoms with Crippen LogP contribution >= 0.6 is 0 Å². The number of carbonyl (C=O) groups is 1. The molecule has 3 rings (SSSR count). The summed E-state index contributed by atoms with van der Waals surface area (Å²) in [6.45, 7) is 13.8. The predicted octanol–water partition coefficient (Wildman–Crippen LogP) is 3.54. The molecule has 5 heteroatoms. The fourth-order valence-electron chi connectivity index (χ4n) is 3.59. The molecule has 0 bridgehead atoms. The molecule has 5 nitrogen and oxygen atoms in total. The molecule has 1 aromatic carbocycles. The topological polar surface area (TPSA) is 60.2 Å². The van der Waals surface area contributed by atoms with Gasteiger partial charge >= 0.3 is 0 Å². The maximum atomic E-state index is 12.1. The molecule has 0 N–H and O–H groups in total. The van der Waals surface area contributed by atoms with Gasteiger partial charge < -0.3 is 4.90 Å². The van der Waals surface area contributed by atoms with Gasteiger partial charge in [0.1, 0.15) is 5.82 Å². The number of ketones is 1. The van der Waals surface area contributed by atoms with Crippen LogP contribution in [0.15, 0.2) is 18.2 Å². The molecule has 1 aliphatic rings. The first kappa shape index (κ1) is 18.3. The van der Waals surface area contributed by atoms with Gasteiger partial charge in [0, 0.05) is 42.7 Å². The summed E-state index contributed by atoms with van der Waals surface area (Å²) < 4.78 is 0. The van der Waals surface area contributed by atoms with Gasteiger partial charge in [-0.05, 0) is 58.4 Å². The monoisotopic (exact) mass is 350 g/mol. The van der Waals surface area contributed by atoms with Gasteiger partial charge in [-0.1, -0.05) is 0 Å². The minimum atomic E-state index is -0.0233. The number of piperazine rings is 1. The summed E-state index contributed by atoms with van der Waals surface area (Å²) in [6, 6.07) is 7.95. The Labute approximate surface area is 155 Å². The van der Waals surface area contributed by atoms with Crippen molar-refractivity contribution in [2.75, 3.05) is 31.1 Å². The summed E-state index contributed by atoms with van der Waals surface area (Å²) in [5.74, 6) is 0.763. The quantitative estimate of drug-likeness (QED) is 0.775. The molecule has 1 saturated heterocycles. The second-order valence-electron chi connectivity index (χ2n) is 8.05. The molecule has 0 amide bonds. The number of carbonyl (C=O) groups excluding carboxylic acids is 1. The zero-order valence-electron chi connectivity index (χ0n) is 16.3. The molecule has 2 heterocycles. The number of rotatable bonds is 2. The number of benzene rings is 1. The first-order chi connectivity index (χ1) is 12.2. The van der Waals surface area contributed by atoms with Crippen molar-refractivity contribution in [3.63, 3.8) is 0 Å². The third kappa shape index (κ3) is 3.42. The molecule has 0 radical (unpaired) electrons. The fraction of sp³-hybridized carbons (Fsp3) is 0.476. The van der Waals surface area contributed by atoms with Crippen LogP contribution in [-0.4, -0.2) is 47.4 Å². The lowest BCUT2D eigenvalue weighted by molar-refractivity contribution is 0.101. The molecule has 0 unspecified atom stereocenters. The highest BCUT2D eigenvalue weighted by atomic mass is 16.1. The van der Waals surface area contributed by atoms with Crippen molar-refractivity contribution in [2.24, 2.45) is 0 Å². The van der Waals surface area contributed by atoms with Crippen molar-refractivity contribution in [1.29, 1.82) is 5.26 Å². The van der Waals surface area contributed by atoms with Crippen molar-refractivity contribution in [2.45, 2.75) is 40.2 Å². The summed E-state index contributed by atoms with van der Waals surface area (Å²) in [6.07, 6.45) is 0. The lowest BCUT2D eigenvalue weighted by Crippen LogP contribution is -2.53. The normalized spacial score (nSPS) is 15.9. The van der Waals surface area contributed by atoms with Gasteiger partial charge in [0.2, 0.25) is 0 Å². The second-order valence-corrected chi connectivity index (χ2v) is 8.05. The van der Waals surface area contributed by atoms with E-state index in [-0.39, 0.29) is 11.3 Å². The number of aromatic nitrogens is 1. The fourth-order valence-corrected chi connectivity index (χ4v) is 3.59. The Hall–Kier alpha value is -2.45. The van der Waals surface area contributed by atoms with Crippen LogP contribution in [0.3, 0.4) is 0 Å². The molecule has 0 spiro atoms. The molecule has 136 valence electrons. The first-order valence-corrected chi connectivity index (χ1v) is 9.07. The van der Waals surface area contributed by atoms with E-state index in [2.05, 4.69) is 36.6 Å². The van der Waals surface area contributed by atoms with E-state index in [1.54, 1.807) is 6.92 Å². The molecule has 1 fully saturated rings. The van der Waals surface area contributed by atoms with Crippen molar-refractivity contribution < 1.29 is 4.79 Å². The largest absolute Gasteiger partial charge is 0.354 e. The molecule has 0 saturated carbocycles. The zero-order valence-corrected chi connectivity index (χ0v) is 16.3. The number of pyridine rings is 1. The van der Waals surface area contributed by atoms with Crippen molar-refractivity contribution in [1.82, 2.24) is 9.88 Å². The lowest BCUT2D eigenvalue weighted by Gasteiger charge is -2.42. The number of hydrogen-bond donors (Lipinski definition) is 0. The van der Waals surface area contributed by atoms with E-state index < -0.39 is 0 Å². The van der Waals surface area contributed by atoms with Crippen LogP contribution in [0.1, 0.15) is 49.2 Å². The van der Waals surface area contributed by atoms with E-state index in [0.29, 0.717) is 16.6 Å². The minimum absolute atomic E-state index is 0.0233. The molecule has 0 aliphatic carbocycles. The van der Waals surface area contributed by atoms with E-state index in [4.69, 9.17) is 4.98 Å². The SMILES string of the molecule is CC(=O)c1cc(C)cc2c(C#N)cc(N3CCN(C(C)(C)C)CC3)nc12. The number of anilines is 1. The molecular weight excluding hydrogens is 324 g/mol. The molecular formula is C21H26N4O. The average Bonchev–Trinajstić information content (AvgIpc) is 2.59. The highest BCUT2D eigenvalue weighted by Crippen LogP contribution is 2.28. The van der Waals surface area contributed by atoms with E-state index in [1.807, 2.05) is 25.1 Å². The van der Waals surface area contributed by atoms with Crippen LogP contribution < -0.4 is 4.90 Å². The maximum Gasteiger partial charge on any atom is 0.162 e. The molecule has 0 atom stereocenters. The summed E-state index contributed by atoms with van der Waals surface area (Å²) in [4.78, 5) is 21.6. The third-order valence-corrected chi connectivity index (χ3v) is 5.10. The second kappa shape index (κ2) is 6.69. The number of nitrogens with zero attached hydrogens (tertiary/aromatic N) is 4. The number of hydrogen-bond acceptors (Lipinski definition) is 5. The van der Waals surface area contributed by atoms with Gasteiger partial charge in [0.05, 0.1) is 17.1 Å². The maximum absolute atomic E-state index is 12.1. The molecule has 26 heavy (non-hydrogen) atoms. The number of aryl methyl sites for hydroxylation is 1. The Morgan fingerprint density at radius 2 is 1.81 bits per heavy atom. The molecule has 1 aliphatic heterocycles. The van der Waals surface area contributed by atoms with Gasteiger partial charge in [0.15, 0.2) is 5.78 Å².